The SMILES string of the molecule is CS(=O)(=O)CCn1cc(C(=O)O)c(-c2cccnc2)n1. The van der Waals surface area contributed by atoms with E-state index in [4.69, 9.17) is 0 Å². The highest BCUT2D eigenvalue weighted by molar-refractivity contribution is 7.90. The summed E-state index contributed by atoms with van der Waals surface area (Å²) in [6.07, 6.45) is 5.53. The van der Waals surface area contributed by atoms with Crippen molar-refractivity contribution in [1.82, 2.24) is 14.8 Å². The molecule has 8 heteroatoms. The summed E-state index contributed by atoms with van der Waals surface area (Å²) in [5.74, 6) is -1.21. The largest absolute Gasteiger partial charge is 0.478 e. The predicted octanol–water partition coefficient (Wildman–Crippen LogP) is 0.688. The van der Waals surface area contributed by atoms with Gasteiger partial charge in [0.25, 0.3) is 0 Å². The molecule has 0 saturated carbocycles. The summed E-state index contributed by atoms with van der Waals surface area (Å²) in [7, 11) is -3.13. The zero-order valence-corrected chi connectivity index (χ0v) is 11.5. The van der Waals surface area contributed by atoms with Gasteiger partial charge in [0.15, 0.2) is 0 Å². The van der Waals surface area contributed by atoms with Gasteiger partial charge in [-0.2, -0.15) is 5.10 Å². The van der Waals surface area contributed by atoms with Crippen LogP contribution in [-0.4, -0.2) is 46.3 Å². The molecule has 2 aromatic heterocycles. The number of carboxylic acid groups (broad SMARTS) is 1. The Morgan fingerprint density at radius 2 is 2.20 bits per heavy atom. The maximum atomic E-state index is 11.2. The van der Waals surface area contributed by atoms with Gasteiger partial charge < -0.3 is 5.11 Å². The fourth-order valence-corrected chi connectivity index (χ4v) is 2.19. The molecule has 0 aliphatic carbocycles. The first-order valence-corrected chi connectivity index (χ1v) is 7.82. The average molecular weight is 295 g/mol. The third-order valence-corrected chi connectivity index (χ3v) is 3.54. The molecule has 0 aromatic carbocycles. The fourth-order valence-electron chi connectivity index (χ4n) is 1.67. The lowest BCUT2D eigenvalue weighted by Gasteiger charge is -1.99. The van der Waals surface area contributed by atoms with Crippen molar-refractivity contribution in [3.63, 3.8) is 0 Å². The Hall–Kier alpha value is -2.22. The van der Waals surface area contributed by atoms with Crippen LogP contribution in [0.5, 0.6) is 0 Å². The Morgan fingerprint density at radius 3 is 2.75 bits per heavy atom. The van der Waals surface area contributed by atoms with Crippen molar-refractivity contribution < 1.29 is 18.3 Å². The van der Waals surface area contributed by atoms with Crippen molar-refractivity contribution in [2.75, 3.05) is 12.0 Å². The monoisotopic (exact) mass is 295 g/mol. The zero-order chi connectivity index (χ0) is 14.8. The second kappa shape index (κ2) is 5.41. The third kappa shape index (κ3) is 3.41. The summed E-state index contributed by atoms with van der Waals surface area (Å²) < 4.78 is 23.6. The van der Waals surface area contributed by atoms with Crippen LogP contribution in [0.25, 0.3) is 11.3 Å². The van der Waals surface area contributed by atoms with E-state index in [1.54, 1.807) is 18.3 Å². The molecule has 0 amide bonds. The smallest absolute Gasteiger partial charge is 0.339 e. The van der Waals surface area contributed by atoms with Gasteiger partial charge in [0.2, 0.25) is 0 Å². The molecule has 2 heterocycles. The van der Waals surface area contributed by atoms with Crippen LogP contribution < -0.4 is 0 Å². The lowest BCUT2D eigenvalue weighted by Crippen LogP contribution is -2.11. The Bertz CT molecular complexity index is 722. The molecule has 0 atom stereocenters. The summed E-state index contributed by atoms with van der Waals surface area (Å²) in [6, 6.07) is 3.37. The van der Waals surface area contributed by atoms with Crippen LogP contribution in [0.3, 0.4) is 0 Å². The van der Waals surface area contributed by atoms with Crippen LogP contribution in [-0.2, 0) is 16.4 Å². The molecule has 0 bridgehead atoms. The number of aryl methyl sites for hydroxylation is 1. The van der Waals surface area contributed by atoms with E-state index < -0.39 is 15.8 Å². The number of hydrogen-bond acceptors (Lipinski definition) is 5. The molecule has 7 nitrogen and oxygen atoms in total. The molecule has 0 saturated heterocycles. The number of aromatic carboxylic acids is 1. The maximum absolute atomic E-state index is 11.2. The van der Waals surface area contributed by atoms with Crippen LogP contribution in [0.15, 0.2) is 30.7 Å². The van der Waals surface area contributed by atoms with Gasteiger partial charge in [-0.25, -0.2) is 13.2 Å². The first-order valence-electron chi connectivity index (χ1n) is 5.76. The molecular weight excluding hydrogens is 282 g/mol. The van der Waals surface area contributed by atoms with Gasteiger partial charge in [-0.05, 0) is 12.1 Å². The minimum Gasteiger partial charge on any atom is -0.478 e. The highest BCUT2D eigenvalue weighted by Gasteiger charge is 2.17. The first kappa shape index (κ1) is 14.2. The quantitative estimate of drug-likeness (QED) is 0.870. The number of carboxylic acids is 1. The van der Waals surface area contributed by atoms with Crippen molar-refractivity contribution in [2.24, 2.45) is 0 Å². The minimum absolute atomic E-state index is 0.0199. The first-order chi connectivity index (χ1) is 9.37. The molecule has 2 rings (SSSR count). The van der Waals surface area contributed by atoms with Crippen molar-refractivity contribution in [2.45, 2.75) is 6.54 Å². The summed E-state index contributed by atoms with van der Waals surface area (Å²) in [5, 5.41) is 13.3. The highest BCUT2D eigenvalue weighted by Crippen LogP contribution is 2.21. The van der Waals surface area contributed by atoms with Crippen LogP contribution in [0.2, 0.25) is 0 Å². The number of pyridine rings is 1. The number of sulfone groups is 1. The second-order valence-electron chi connectivity index (χ2n) is 4.33. The molecule has 2 aromatic rings. The normalized spacial score (nSPS) is 11.4. The number of aromatic nitrogens is 3. The predicted molar refractivity (Wildman–Crippen MR) is 72.1 cm³/mol. The molecule has 0 spiro atoms. The summed E-state index contributed by atoms with van der Waals surface area (Å²) >= 11 is 0. The lowest BCUT2D eigenvalue weighted by atomic mass is 10.1. The summed E-state index contributed by atoms with van der Waals surface area (Å²) in [6.45, 7) is 0.110. The number of hydrogen-bond donors (Lipinski definition) is 1. The molecule has 0 fully saturated rings. The standard InChI is InChI=1S/C12H13N3O4S/c1-20(18,19)6-5-15-8-10(12(16)17)11(14-15)9-3-2-4-13-7-9/h2-4,7-8H,5-6H2,1H3,(H,16,17). The van der Waals surface area contributed by atoms with E-state index in [2.05, 4.69) is 10.1 Å². The van der Waals surface area contributed by atoms with E-state index in [1.807, 2.05) is 0 Å². The van der Waals surface area contributed by atoms with Crippen molar-refractivity contribution in [3.05, 3.63) is 36.3 Å². The third-order valence-electron chi connectivity index (χ3n) is 2.62. The van der Waals surface area contributed by atoms with Crippen LogP contribution in [0, 0.1) is 0 Å². The Morgan fingerprint density at radius 1 is 1.45 bits per heavy atom. The van der Waals surface area contributed by atoms with Gasteiger partial charge in [-0.15, -0.1) is 0 Å². The molecule has 0 aliphatic heterocycles. The second-order valence-corrected chi connectivity index (χ2v) is 6.59. The summed E-state index contributed by atoms with van der Waals surface area (Å²) in [5.41, 5.74) is 0.869. The summed E-state index contributed by atoms with van der Waals surface area (Å²) in [4.78, 5) is 15.1. The molecular formula is C12H13N3O4S. The Labute approximate surface area is 115 Å². The minimum atomic E-state index is -3.13. The van der Waals surface area contributed by atoms with Crippen LogP contribution >= 0.6 is 0 Å². The molecule has 0 unspecified atom stereocenters. The van der Waals surface area contributed by atoms with Crippen molar-refractivity contribution in [1.29, 1.82) is 0 Å². The van der Waals surface area contributed by atoms with Gasteiger partial charge in [0, 0.05) is 30.4 Å². The van der Waals surface area contributed by atoms with E-state index in [1.165, 1.54) is 17.1 Å². The van der Waals surface area contributed by atoms with Gasteiger partial charge >= 0.3 is 5.97 Å². The van der Waals surface area contributed by atoms with E-state index >= 15 is 0 Å². The van der Waals surface area contributed by atoms with Gasteiger partial charge in [0.1, 0.15) is 21.1 Å². The Balaban J connectivity index is 2.37. The van der Waals surface area contributed by atoms with E-state index in [0.717, 1.165) is 6.26 Å². The van der Waals surface area contributed by atoms with Gasteiger partial charge in [-0.1, -0.05) is 0 Å². The molecule has 106 valence electrons. The molecule has 0 radical (unpaired) electrons. The van der Waals surface area contributed by atoms with Gasteiger partial charge in [0.05, 0.1) is 12.3 Å². The maximum Gasteiger partial charge on any atom is 0.339 e. The van der Waals surface area contributed by atoms with Crippen molar-refractivity contribution >= 4 is 15.8 Å². The number of carbonyl (C=O) groups is 1. The molecule has 20 heavy (non-hydrogen) atoms. The van der Waals surface area contributed by atoms with E-state index in [-0.39, 0.29) is 23.6 Å². The zero-order valence-electron chi connectivity index (χ0n) is 10.7. The molecule has 0 aliphatic rings. The average Bonchev–Trinajstić information content (AvgIpc) is 2.81. The Kier molecular flexibility index (Phi) is 3.84. The van der Waals surface area contributed by atoms with Gasteiger partial charge in [-0.3, -0.25) is 9.67 Å². The van der Waals surface area contributed by atoms with E-state index in [0.29, 0.717) is 5.56 Å². The number of nitrogens with zero attached hydrogens (tertiary/aromatic N) is 3. The molecule has 1 N–H and O–H groups in total. The highest BCUT2D eigenvalue weighted by atomic mass is 32.2. The van der Waals surface area contributed by atoms with E-state index in [9.17, 15) is 18.3 Å². The van der Waals surface area contributed by atoms with Crippen molar-refractivity contribution in [3.8, 4) is 11.3 Å². The number of rotatable bonds is 5. The topological polar surface area (TPSA) is 102 Å². The lowest BCUT2D eigenvalue weighted by molar-refractivity contribution is 0.0697. The van der Waals surface area contributed by atoms with Crippen LogP contribution in [0.1, 0.15) is 10.4 Å². The van der Waals surface area contributed by atoms with Crippen LogP contribution in [0.4, 0.5) is 0 Å². The fraction of sp³-hybridized carbons (Fsp3) is 0.250.